The summed E-state index contributed by atoms with van der Waals surface area (Å²) in [4.78, 5) is 1.06. The van der Waals surface area contributed by atoms with Crippen LogP contribution < -0.4 is 5.73 Å². The minimum absolute atomic E-state index is 0.0136. The van der Waals surface area contributed by atoms with Gasteiger partial charge in [-0.1, -0.05) is 23.7 Å². The van der Waals surface area contributed by atoms with Gasteiger partial charge >= 0.3 is 0 Å². The molecule has 0 spiro atoms. The van der Waals surface area contributed by atoms with Gasteiger partial charge in [-0.05, 0) is 24.5 Å². The van der Waals surface area contributed by atoms with Crippen LogP contribution in [0, 0.1) is 5.92 Å². The van der Waals surface area contributed by atoms with E-state index in [1.807, 2.05) is 24.3 Å². The molecule has 15 heavy (non-hydrogen) atoms. The van der Waals surface area contributed by atoms with E-state index in [0.717, 1.165) is 16.3 Å². The average molecular weight is 244 g/mol. The van der Waals surface area contributed by atoms with Crippen molar-refractivity contribution in [1.29, 1.82) is 0 Å². The Morgan fingerprint density at radius 2 is 2.27 bits per heavy atom. The molecule has 0 saturated heterocycles. The molecular weight excluding hydrogens is 230 g/mol. The van der Waals surface area contributed by atoms with Gasteiger partial charge in [0.2, 0.25) is 0 Å². The molecule has 2 unspecified atom stereocenters. The van der Waals surface area contributed by atoms with Crippen LogP contribution in [0.2, 0.25) is 5.02 Å². The van der Waals surface area contributed by atoms with Crippen molar-refractivity contribution in [2.45, 2.75) is 16.1 Å². The number of hydrogen-bond acceptors (Lipinski definition) is 3. The topological polar surface area (TPSA) is 46.2 Å². The fourth-order valence-electron chi connectivity index (χ4n) is 1.75. The van der Waals surface area contributed by atoms with Crippen LogP contribution in [0.1, 0.15) is 6.42 Å². The van der Waals surface area contributed by atoms with Crippen LogP contribution >= 0.6 is 23.4 Å². The molecule has 0 heterocycles. The van der Waals surface area contributed by atoms with Gasteiger partial charge in [-0.3, -0.25) is 0 Å². The Balaban J connectivity index is 2.12. The molecule has 1 aliphatic rings. The lowest BCUT2D eigenvalue weighted by Gasteiger charge is -2.14. The third-order valence-corrected chi connectivity index (χ3v) is 4.98. The Kier molecular flexibility index (Phi) is 3.26. The summed E-state index contributed by atoms with van der Waals surface area (Å²) in [5.74, 6) is 0.323. The SMILES string of the molecule is NCC1(Sc2ccccc2Cl)CC1CO. The number of halogens is 1. The normalized spacial score (nSPS) is 29.1. The molecule has 2 atom stereocenters. The molecule has 0 aromatic heterocycles. The van der Waals surface area contributed by atoms with Gasteiger partial charge in [0.1, 0.15) is 0 Å². The Bertz CT molecular complexity index is 360. The summed E-state index contributed by atoms with van der Waals surface area (Å²) in [6.45, 7) is 0.808. The summed E-state index contributed by atoms with van der Waals surface area (Å²) in [6, 6.07) is 7.76. The van der Waals surface area contributed by atoms with Gasteiger partial charge in [0.05, 0.1) is 5.02 Å². The number of aliphatic hydroxyl groups excluding tert-OH is 1. The second-order valence-electron chi connectivity index (χ2n) is 3.89. The quantitative estimate of drug-likeness (QED) is 0.852. The molecule has 1 aromatic carbocycles. The highest BCUT2D eigenvalue weighted by Crippen LogP contribution is 2.56. The minimum Gasteiger partial charge on any atom is -0.396 e. The monoisotopic (exact) mass is 243 g/mol. The van der Waals surface area contributed by atoms with Crippen LogP contribution in [-0.2, 0) is 0 Å². The van der Waals surface area contributed by atoms with Gasteiger partial charge in [0.25, 0.3) is 0 Å². The van der Waals surface area contributed by atoms with E-state index in [9.17, 15) is 0 Å². The van der Waals surface area contributed by atoms with Crippen molar-refractivity contribution in [2.75, 3.05) is 13.2 Å². The van der Waals surface area contributed by atoms with Crippen molar-refractivity contribution >= 4 is 23.4 Å². The van der Waals surface area contributed by atoms with Gasteiger partial charge < -0.3 is 10.8 Å². The standard InChI is InChI=1S/C11H14ClNOS/c12-9-3-1-2-4-10(9)15-11(7-13)5-8(11)6-14/h1-4,8,14H,5-7,13H2. The van der Waals surface area contributed by atoms with Crippen LogP contribution in [0.5, 0.6) is 0 Å². The molecule has 1 aromatic rings. The molecule has 0 bridgehead atoms. The van der Waals surface area contributed by atoms with E-state index in [1.165, 1.54) is 0 Å². The molecule has 1 aliphatic carbocycles. The van der Waals surface area contributed by atoms with Gasteiger partial charge in [-0.15, -0.1) is 11.8 Å². The predicted octanol–water partition coefficient (Wildman–Crippen LogP) is 2.14. The number of benzene rings is 1. The number of rotatable bonds is 4. The van der Waals surface area contributed by atoms with E-state index in [2.05, 4.69) is 0 Å². The van der Waals surface area contributed by atoms with Crippen molar-refractivity contribution in [3.8, 4) is 0 Å². The van der Waals surface area contributed by atoms with E-state index >= 15 is 0 Å². The van der Waals surface area contributed by atoms with Crippen LogP contribution in [0.4, 0.5) is 0 Å². The lowest BCUT2D eigenvalue weighted by Crippen LogP contribution is -2.21. The van der Waals surface area contributed by atoms with Crippen molar-refractivity contribution in [3.63, 3.8) is 0 Å². The maximum Gasteiger partial charge on any atom is 0.0542 e. The smallest absolute Gasteiger partial charge is 0.0542 e. The van der Waals surface area contributed by atoms with Crippen molar-refractivity contribution in [1.82, 2.24) is 0 Å². The van der Waals surface area contributed by atoms with Crippen LogP contribution in [0.3, 0.4) is 0 Å². The zero-order chi connectivity index (χ0) is 10.9. The van der Waals surface area contributed by atoms with Crippen LogP contribution in [0.15, 0.2) is 29.2 Å². The Morgan fingerprint density at radius 3 is 2.80 bits per heavy atom. The van der Waals surface area contributed by atoms with Gasteiger partial charge in [0, 0.05) is 22.8 Å². The van der Waals surface area contributed by atoms with Gasteiger partial charge in [0.15, 0.2) is 0 Å². The molecule has 82 valence electrons. The highest BCUT2D eigenvalue weighted by atomic mass is 35.5. The molecule has 0 amide bonds. The number of thioether (sulfide) groups is 1. The van der Waals surface area contributed by atoms with E-state index in [0.29, 0.717) is 12.5 Å². The molecule has 2 rings (SSSR count). The molecule has 4 heteroatoms. The molecule has 2 nitrogen and oxygen atoms in total. The van der Waals surface area contributed by atoms with Gasteiger partial charge in [-0.25, -0.2) is 0 Å². The van der Waals surface area contributed by atoms with Gasteiger partial charge in [-0.2, -0.15) is 0 Å². The molecular formula is C11H14ClNOS. The highest BCUT2D eigenvalue weighted by Gasteiger charge is 2.53. The number of aliphatic hydroxyl groups is 1. The van der Waals surface area contributed by atoms with Crippen molar-refractivity contribution in [3.05, 3.63) is 29.3 Å². The molecule has 1 fully saturated rings. The fourth-order valence-corrected chi connectivity index (χ4v) is 3.36. The van der Waals surface area contributed by atoms with E-state index in [4.69, 9.17) is 22.4 Å². The minimum atomic E-state index is 0.0136. The third kappa shape index (κ3) is 2.16. The first-order chi connectivity index (χ1) is 7.22. The second-order valence-corrected chi connectivity index (χ2v) is 5.75. The zero-order valence-electron chi connectivity index (χ0n) is 8.32. The van der Waals surface area contributed by atoms with Crippen LogP contribution in [-0.4, -0.2) is 23.0 Å². The molecule has 3 N–H and O–H groups in total. The summed E-state index contributed by atoms with van der Waals surface area (Å²) in [5.41, 5.74) is 5.76. The first kappa shape index (κ1) is 11.3. The fraction of sp³-hybridized carbons (Fsp3) is 0.455. The highest BCUT2D eigenvalue weighted by molar-refractivity contribution is 8.01. The summed E-state index contributed by atoms with van der Waals surface area (Å²) < 4.78 is 0.0136. The van der Waals surface area contributed by atoms with Crippen LogP contribution in [0.25, 0.3) is 0 Å². The second kappa shape index (κ2) is 4.34. The number of hydrogen-bond donors (Lipinski definition) is 2. The zero-order valence-corrected chi connectivity index (χ0v) is 9.89. The molecule has 0 aliphatic heterocycles. The predicted molar refractivity (Wildman–Crippen MR) is 64.3 cm³/mol. The van der Waals surface area contributed by atoms with E-state index < -0.39 is 0 Å². The lowest BCUT2D eigenvalue weighted by molar-refractivity contribution is 0.272. The van der Waals surface area contributed by atoms with E-state index in [-0.39, 0.29) is 11.4 Å². The molecule has 0 radical (unpaired) electrons. The van der Waals surface area contributed by atoms with Crippen molar-refractivity contribution in [2.24, 2.45) is 11.7 Å². The molecule has 1 saturated carbocycles. The largest absolute Gasteiger partial charge is 0.396 e. The average Bonchev–Trinajstić information content (AvgIpc) is 2.96. The maximum absolute atomic E-state index is 9.12. The maximum atomic E-state index is 9.12. The number of nitrogens with two attached hydrogens (primary N) is 1. The third-order valence-electron chi connectivity index (χ3n) is 2.89. The Morgan fingerprint density at radius 1 is 1.53 bits per heavy atom. The van der Waals surface area contributed by atoms with Crippen molar-refractivity contribution < 1.29 is 5.11 Å². The lowest BCUT2D eigenvalue weighted by atomic mass is 10.3. The summed E-state index contributed by atoms with van der Waals surface area (Å²) >= 11 is 7.78. The first-order valence-corrected chi connectivity index (χ1v) is 6.16. The summed E-state index contributed by atoms with van der Waals surface area (Å²) in [7, 11) is 0. The van der Waals surface area contributed by atoms with E-state index in [1.54, 1.807) is 11.8 Å². The summed E-state index contributed by atoms with van der Waals surface area (Å²) in [5, 5.41) is 9.88. The Labute approximate surface area is 98.8 Å². The Hall–Kier alpha value is -0.220. The first-order valence-electron chi connectivity index (χ1n) is 4.96. The summed E-state index contributed by atoms with van der Waals surface area (Å²) in [6.07, 6.45) is 0.982.